The number of aliphatic hydroxyl groups excluding tert-OH is 1. The topological polar surface area (TPSA) is 111 Å². The molecule has 0 spiro atoms. The van der Waals surface area contributed by atoms with E-state index in [4.69, 9.17) is 5.21 Å². The smallest absolute Gasteiger partial charge is 0.273 e. The van der Waals surface area contributed by atoms with Crippen molar-refractivity contribution in [1.82, 2.24) is 16.1 Å². The van der Waals surface area contributed by atoms with Gasteiger partial charge in [-0.3, -0.25) is 14.8 Å². The number of alkyl halides is 2. The fourth-order valence-electron chi connectivity index (χ4n) is 2.53. The summed E-state index contributed by atoms with van der Waals surface area (Å²) in [6.45, 7) is 3.16. The van der Waals surface area contributed by atoms with Crippen molar-refractivity contribution < 1.29 is 28.7 Å². The molecule has 0 unspecified atom stereocenters. The Morgan fingerprint density at radius 1 is 1.00 bits per heavy atom. The molecule has 0 saturated heterocycles. The number of amides is 2. The van der Waals surface area contributed by atoms with Gasteiger partial charge in [-0.25, -0.2) is 14.3 Å². The van der Waals surface area contributed by atoms with Gasteiger partial charge in [-0.1, -0.05) is 43.0 Å². The predicted molar refractivity (Wildman–Crippen MR) is 103 cm³/mol. The number of benzene rings is 2. The Morgan fingerprint density at radius 3 is 2.03 bits per heavy atom. The van der Waals surface area contributed by atoms with Gasteiger partial charge < -0.3 is 15.7 Å². The molecule has 0 radical (unpaired) electrons. The minimum Gasteiger partial charge on any atom is -0.510 e. The van der Waals surface area contributed by atoms with E-state index in [1.165, 1.54) is 17.6 Å². The lowest BCUT2D eigenvalue weighted by atomic mass is 10.0. The van der Waals surface area contributed by atoms with Gasteiger partial charge in [0.25, 0.3) is 18.2 Å². The lowest BCUT2D eigenvalue weighted by Crippen LogP contribution is -2.46. The first-order chi connectivity index (χ1) is 13.8. The van der Waals surface area contributed by atoms with Crippen molar-refractivity contribution in [2.75, 3.05) is 6.54 Å². The number of hydrogen-bond donors (Lipinski definition) is 5. The first-order valence-corrected chi connectivity index (χ1v) is 8.62. The Bertz CT molecular complexity index is 855. The van der Waals surface area contributed by atoms with Crippen LogP contribution >= 0.6 is 0 Å². The summed E-state index contributed by atoms with van der Waals surface area (Å²) in [7, 11) is 0. The molecule has 9 heteroatoms. The van der Waals surface area contributed by atoms with Crippen molar-refractivity contribution in [2.45, 2.75) is 19.0 Å². The van der Waals surface area contributed by atoms with Crippen LogP contribution in [0.3, 0.4) is 0 Å². The second-order valence-electron chi connectivity index (χ2n) is 6.17. The average molecular weight is 405 g/mol. The van der Waals surface area contributed by atoms with E-state index in [1.54, 1.807) is 12.1 Å². The maximum Gasteiger partial charge on any atom is 0.273 e. The molecule has 1 atom stereocenters. The summed E-state index contributed by atoms with van der Waals surface area (Å²) in [6.07, 6.45) is -2.39. The van der Waals surface area contributed by atoms with Gasteiger partial charge in [0.2, 0.25) is 0 Å². The zero-order valence-electron chi connectivity index (χ0n) is 15.4. The van der Waals surface area contributed by atoms with Crippen LogP contribution < -0.4 is 16.1 Å². The van der Waals surface area contributed by atoms with E-state index in [-0.39, 0.29) is 12.1 Å². The number of carbonyl (C=O) groups is 2. The normalized spacial score (nSPS) is 11.7. The van der Waals surface area contributed by atoms with Crippen LogP contribution in [0.4, 0.5) is 8.78 Å². The van der Waals surface area contributed by atoms with Gasteiger partial charge in [0, 0.05) is 12.1 Å². The van der Waals surface area contributed by atoms with Crippen LogP contribution in [-0.4, -0.2) is 41.1 Å². The summed E-state index contributed by atoms with van der Waals surface area (Å²) in [5.74, 6) is -2.28. The Kier molecular flexibility index (Phi) is 7.81. The number of rotatable bonds is 9. The number of halogens is 2. The monoisotopic (exact) mass is 405 g/mol. The van der Waals surface area contributed by atoms with E-state index < -0.39 is 30.0 Å². The van der Waals surface area contributed by atoms with Gasteiger partial charge in [-0.05, 0) is 28.8 Å². The van der Waals surface area contributed by atoms with Crippen LogP contribution in [-0.2, 0) is 11.3 Å². The highest BCUT2D eigenvalue weighted by molar-refractivity contribution is 5.98. The Balaban J connectivity index is 2.03. The largest absolute Gasteiger partial charge is 0.510 e. The average Bonchev–Trinajstić information content (AvgIpc) is 2.71. The van der Waals surface area contributed by atoms with Gasteiger partial charge in [-0.2, -0.15) is 0 Å². The van der Waals surface area contributed by atoms with Crippen LogP contribution in [0.2, 0.25) is 0 Å². The van der Waals surface area contributed by atoms with Crippen molar-refractivity contribution in [1.29, 1.82) is 0 Å². The Hall–Kier alpha value is -3.30. The lowest BCUT2D eigenvalue weighted by Gasteiger charge is -2.15. The molecular weight excluding hydrogens is 384 g/mol. The molecule has 2 aromatic carbocycles. The summed E-state index contributed by atoms with van der Waals surface area (Å²) >= 11 is 0. The fourth-order valence-corrected chi connectivity index (χ4v) is 2.53. The van der Waals surface area contributed by atoms with Crippen LogP contribution in [0, 0.1) is 0 Å². The van der Waals surface area contributed by atoms with Crippen LogP contribution in [0.15, 0.2) is 60.9 Å². The SMILES string of the molecule is C=C(O)[C@H](NC(=O)c1ccc(-c2ccc(CNCC(F)F)cc2)cc1)C(=O)NO. The van der Waals surface area contributed by atoms with E-state index in [9.17, 15) is 23.5 Å². The van der Waals surface area contributed by atoms with Gasteiger partial charge in [-0.15, -0.1) is 0 Å². The van der Waals surface area contributed by atoms with E-state index >= 15 is 0 Å². The molecule has 154 valence electrons. The highest BCUT2D eigenvalue weighted by Crippen LogP contribution is 2.20. The van der Waals surface area contributed by atoms with Crippen molar-refractivity contribution in [3.05, 3.63) is 72.0 Å². The Labute approximate surface area is 166 Å². The number of nitrogens with one attached hydrogen (secondary N) is 3. The zero-order chi connectivity index (χ0) is 21.4. The van der Waals surface area contributed by atoms with E-state index in [1.807, 2.05) is 24.3 Å². The molecule has 0 heterocycles. The summed E-state index contributed by atoms with van der Waals surface area (Å²) in [6, 6.07) is 12.3. The maximum atomic E-state index is 12.2. The number of hydroxylamine groups is 1. The minimum absolute atomic E-state index is 0.235. The summed E-state index contributed by atoms with van der Waals surface area (Å²) in [5, 5.41) is 22.9. The Morgan fingerprint density at radius 2 is 1.55 bits per heavy atom. The fraction of sp³-hybridized carbons (Fsp3) is 0.200. The third-order valence-electron chi connectivity index (χ3n) is 4.04. The first-order valence-electron chi connectivity index (χ1n) is 8.62. The summed E-state index contributed by atoms with van der Waals surface area (Å²) in [5.41, 5.74) is 4.13. The van der Waals surface area contributed by atoms with Crippen LogP contribution in [0.5, 0.6) is 0 Å². The minimum atomic E-state index is -2.39. The molecule has 7 nitrogen and oxygen atoms in total. The molecular formula is C20H21F2N3O4. The molecule has 0 bridgehead atoms. The molecule has 0 saturated carbocycles. The molecule has 5 N–H and O–H groups in total. The van der Waals surface area contributed by atoms with Crippen molar-refractivity contribution in [3.63, 3.8) is 0 Å². The highest BCUT2D eigenvalue weighted by atomic mass is 19.3. The third kappa shape index (κ3) is 6.37. The van der Waals surface area contributed by atoms with Gasteiger partial charge in [0.05, 0.1) is 6.54 Å². The second-order valence-corrected chi connectivity index (χ2v) is 6.17. The molecule has 0 aliphatic heterocycles. The molecule has 29 heavy (non-hydrogen) atoms. The van der Waals surface area contributed by atoms with E-state index in [2.05, 4.69) is 17.2 Å². The van der Waals surface area contributed by atoms with Crippen LogP contribution in [0.1, 0.15) is 15.9 Å². The van der Waals surface area contributed by atoms with Crippen LogP contribution in [0.25, 0.3) is 11.1 Å². The van der Waals surface area contributed by atoms with Crippen molar-refractivity contribution in [2.24, 2.45) is 0 Å². The molecule has 2 aromatic rings. The van der Waals surface area contributed by atoms with E-state index in [0.717, 1.165) is 16.7 Å². The molecule has 0 fully saturated rings. The highest BCUT2D eigenvalue weighted by Gasteiger charge is 2.23. The third-order valence-corrected chi connectivity index (χ3v) is 4.04. The standard InChI is InChI=1S/C20H21F2N3O4/c1-12(26)18(20(28)25-29)24-19(27)16-8-6-15(7-9-16)14-4-2-13(3-5-14)10-23-11-17(21)22/h2-9,17-18,23,26,29H,1,10-11H2,(H,24,27)(H,25,28)/t18-/m0/s1. The zero-order valence-corrected chi connectivity index (χ0v) is 15.4. The number of aliphatic hydroxyl groups is 1. The molecule has 0 aliphatic rings. The van der Waals surface area contributed by atoms with Crippen molar-refractivity contribution >= 4 is 11.8 Å². The molecule has 0 aliphatic carbocycles. The summed E-state index contributed by atoms with van der Waals surface area (Å²) in [4.78, 5) is 23.7. The second kappa shape index (κ2) is 10.3. The maximum absolute atomic E-state index is 12.2. The van der Waals surface area contributed by atoms with E-state index in [0.29, 0.717) is 6.54 Å². The lowest BCUT2D eigenvalue weighted by molar-refractivity contribution is -0.130. The molecule has 2 amide bonds. The number of hydrogen-bond acceptors (Lipinski definition) is 5. The van der Waals surface area contributed by atoms with Gasteiger partial charge >= 0.3 is 0 Å². The van der Waals surface area contributed by atoms with Gasteiger partial charge in [0.15, 0.2) is 6.04 Å². The van der Waals surface area contributed by atoms with Gasteiger partial charge in [0.1, 0.15) is 5.76 Å². The first kappa shape index (κ1) is 22.0. The van der Waals surface area contributed by atoms with Crippen molar-refractivity contribution in [3.8, 4) is 11.1 Å². The molecule has 2 rings (SSSR count). The number of carbonyl (C=O) groups excluding carboxylic acids is 2. The summed E-state index contributed by atoms with van der Waals surface area (Å²) < 4.78 is 24.3. The quantitative estimate of drug-likeness (QED) is 0.250. The predicted octanol–water partition coefficient (Wildman–Crippen LogP) is 2.38. The molecule has 0 aromatic heterocycles.